The molecule has 19 heavy (non-hydrogen) atoms. The van der Waals surface area contributed by atoms with E-state index in [4.69, 9.17) is 10.3 Å². The third-order valence-electron chi connectivity index (χ3n) is 3.72. The zero-order chi connectivity index (χ0) is 13.4. The predicted octanol–water partition coefficient (Wildman–Crippen LogP) is 2.09. The van der Waals surface area contributed by atoms with E-state index in [1.165, 1.54) is 12.0 Å². The van der Waals surface area contributed by atoms with Crippen molar-refractivity contribution in [2.24, 2.45) is 5.73 Å². The summed E-state index contributed by atoms with van der Waals surface area (Å²) in [5.41, 5.74) is 9.81. The van der Waals surface area contributed by atoms with Gasteiger partial charge in [-0.2, -0.15) is 4.98 Å². The Kier molecular flexibility index (Phi) is 2.98. The van der Waals surface area contributed by atoms with Crippen LogP contribution in [0.3, 0.4) is 0 Å². The first-order valence-corrected chi connectivity index (χ1v) is 6.58. The van der Waals surface area contributed by atoms with Crippen molar-refractivity contribution in [1.29, 1.82) is 0 Å². The van der Waals surface area contributed by atoms with E-state index in [1.807, 2.05) is 6.92 Å². The molecule has 0 saturated heterocycles. The molecular weight excluding hydrogens is 242 g/mol. The number of fused-ring (bicyclic) bond motifs is 1. The summed E-state index contributed by atoms with van der Waals surface area (Å²) in [6.45, 7) is 2.25. The number of hydrogen-bond acceptors (Lipinski definition) is 5. The number of aryl methyl sites for hydroxylation is 1. The van der Waals surface area contributed by atoms with Crippen molar-refractivity contribution in [3.8, 4) is 17.1 Å². The Labute approximate surface area is 111 Å². The molecule has 0 fully saturated rings. The molecule has 1 aromatic heterocycles. The SMILES string of the molecule is Cc1cc(O)c(-c2noc(CN)n2)c2c1CCCC2. The number of benzene rings is 1. The highest BCUT2D eigenvalue weighted by Crippen LogP contribution is 2.38. The monoisotopic (exact) mass is 259 g/mol. The van der Waals surface area contributed by atoms with E-state index in [2.05, 4.69) is 10.1 Å². The summed E-state index contributed by atoms with van der Waals surface area (Å²) in [6.07, 6.45) is 4.32. The molecule has 1 heterocycles. The molecule has 0 bridgehead atoms. The van der Waals surface area contributed by atoms with Crippen LogP contribution in [-0.2, 0) is 19.4 Å². The third kappa shape index (κ3) is 2.00. The number of hydrogen-bond donors (Lipinski definition) is 2. The molecule has 0 amide bonds. The minimum Gasteiger partial charge on any atom is -0.507 e. The van der Waals surface area contributed by atoms with E-state index in [0.717, 1.165) is 30.4 Å². The van der Waals surface area contributed by atoms with Crippen molar-refractivity contribution in [3.05, 3.63) is 28.6 Å². The summed E-state index contributed by atoms with van der Waals surface area (Å²) in [7, 11) is 0. The molecule has 5 nitrogen and oxygen atoms in total. The Balaban J connectivity index is 2.19. The maximum absolute atomic E-state index is 10.2. The van der Waals surface area contributed by atoms with E-state index in [-0.39, 0.29) is 12.3 Å². The van der Waals surface area contributed by atoms with Gasteiger partial charge in [-0.15, -0.1) is 0 Å². The molecule has 0 saturated carbocycles. The van der Waals surface area contributed by atoms with E-state index in [1.54, 1.807) is 6.07 Å². The first kappa shape index (κ1) is 12.2. The number of aromatic hydroxyl groups is 1. The van der Waals surface area contributed by atoms with Gasteiger partial charge in [0.15, 0.2) is 0 Å². The summed E-state index contributed by atoms with van der Waals surface area (Å²) >= 11 is 0. The normalized spacial score (nSPS) is 14.4. The van der Waals surface area contributed by atoms with Crippen LogP contribution in [0, 0.1) is 6.92 Å². The average molecular weight is 259 g/mol. The number of phenols is 1. The van der Waals surface area contributed by atoms with Crippen LogP contribution >= 0.6 is 0 Å². The Morgan fingerprint density at radius 1 is 1.32 bits per heavy atom. The van der Waals surface area contributed by atoms with E-state index >= 15 is 0 Å². The zero-order valence-corrected chi connectivity index (χ0v) is 10.9. The average Bonchev–Trinajstić information content (AvgIpc) is 2.87. The van der Waals surface area contributed by atoms with Crippen LogP contribution in [0.2, 0.25) is 0 Å². The van der Waals surface area contributed by atoms with Crippen LogP contribution in [0.15, 0.2) is 10.6 Å². The van der Waals surface area contributed by atoms with Gasteiger partial charge < -0.3 is 15.4 Å². The van der Waals surface area contributed by atoms with Gasteiger partial charge in [0.25, 0.3) is 0 Å². The molecule has 1 aromatic carbocycles. The maximum Gasteiger partial charge on any atom is 0.240 e. The molecule has 3 rings (SSSR count). The highest BCUT2D eigenvalue weighted by molar-refractivity contribution is 5.71. The molecule has 100 valence electrons. The van der Waals surface area contributed by atoms with Gasteiger partial charge in [0.1, 0.15) is 5.75 Å². The van der Waals surface area contributed by atoms with Crippen LogP contribution in [0.25, 0.3) is 11.4 Å². The van der Waals surface area contributed by atoms with Gasteiger partial charge in [0.05, 0.1) is 12.1 Å². The fraction of sp³-hybridized carbons (Fsp3) is 0.429. The van der Waals surface area contributed by atoms with Crippen LogP contribution in [-0.4, -0.2) is 15.2 Å². The van der Waals surface area contributed by atoms with Gasteiger partial charge in [0, 0.05) is 0 Å². The van der Waals surface area contributed by atoms with E-state index in [0.29, 0.717) is 17.3 Å². The molecule has 0 unspecified atom stereocenters. The molecule has 5 heteroatoms. The standard InChI is InChI=1S/C14H17N3O2/c1-8-6-11(18)13(10-5-3-2-4-9(8)10)14-16-12(7-15)19-17-14/h6,18H,2-5,7,15H2,1H3. The molecule has 1 aliphatic carbocycles. The highest BCUT2D eigenvalue weighted by atomic mass is 16.5. The van der Waals surface area contributed by atoms with Crippen molar-refractivity contribution >= 4 is 0 Å². The maximum atomic E-state index is 10.2. The predicted molar refractivity (Wildman–Crippen MR) is 70.7 cm³/mol. The van der Waals surface area contributed by atoms with Gasteiger partial charge in [-0.05, 0) is 55.4 Å². The number of nitrogens with zero attached hydrogens (tertiary/aromatic N) is 2. The topological polar surface area (TPSA) is 85.2 Å². The summed E-state index contributed by atoms with van der Waals surface area (Å²) in [4.78, 5) is 4.23. The minimum absolute atomic E-state index is 0.210. The number of aromatic nitrogens is 2. The summed E-state index contributed by atoms with van der Waals surface area (Å²) in [6, 6.07) is 1.79. The summed E-state index contributed by atoms with van der Waals surface area (Å²) < 4.78 is 5.05. The van der Waals surface area contributed by atoms with Crippen molar-refractivity contribution in [2.45, 2.75) is 39.2 Å². The Morgan fingerprint density at radius 3 is 2.74 bits per heavy atom. The molecular formula is C14H17N3O2. The fourth-order valence-electron chi connectivity index (χ4n) is 2.82. The molecule has 2 aromatic rings. The van der Waals surface area contributed by atoms with Crippen LogP contribution < -0.4 is 5.73 Å². The van der Waals surface area contributed by atoms with Gasteiger partial charge >= 0.3 is 0 Å². The van der Waals surface area contributed by atoms with Crippen molar-refractivity contribution in [1.82, 2.24) is 10.1 Å². The smallest absolute Gasteiger partial charge is 0.240 e. The van der Waals surface area contributed by atoms with Crippen molar-refractivity contribution < 1.29 is 9.63 Å². The first-order valence-electron chi connectivity index (χ1n) is 6.58. The van der Waals surface area contributed by atoms with Crippen LogP contribution in [0.5, 0.6) is 5.75 Å². The summed E-state index contributed by atoms with van der Waals surface area (Å²) in [5.74, 6) is 1.05. The van der Waals surface area contributed by atoms with Gasteiger partial charge in [-0.3, -0.25) is 0 Å². The number of nitrogens with two attached hydrogens (primary N) is 1. The molecule has 0 radical (unpaired) electrons. The molecule has 0 atom stereocenters. The van der Waals surface area contributed by atoms with Gasteiger partial charge in [-0.25, -0.2) is 0 Å². The largest absolute Gasteiger partial charge is 0.507 e. The van der Waals surface area contributed by atoms with Gasteiger partial charge in [0.2, 0.25) is 11.7 Å². The quantitative estimate of drug-likeness (QED) is 0.862. The lowest BCUT2D eigenvalue weighted by Crippen LogP contribution is -2.07. The molecule has 3 N–H and O–H groups in total. The Morgan fingerprint density at radius 2 is 2.05 bits per heavy atom. The van der Waals surface area contributed by atoms with E-state index in [9.17, 15) is 5.11 Å². The van der Waals surface area contributed by atoms with Crippen molar-refractivity contribution in [2.75, 3.05) is 0 Å². The first-order chi connectivity index (χ1) is 9.20. The van der Waals surface area contributed by atoms with Crippen LogP contribution in [0.4, 0.5) is 0 Å². The highest BCUT2D eigenvalue weighted by Gasteiger charge is 2.23. The number of phenolic OH excluding ortho intramolecular Hbond substituents is 1. The second kappa shape index (κ2) is 4.66. The lowest BCUT2D eigenvalue weighted by molar-refractivity contribution is 0.380. The molecule has 1 aliphatic rings. The van der Waals surface area contributed by atoms with E-state index < -0.39 is 0 Å². The lowest BCUT2D eigenvalue weighted by Gasteiger charge is -2.21. The van der Waals surface area contributed by atoms with Gasteiger partial charge in [-0.1, -0.05) is 5.16 Å². The minimum atomic E-state index is 0.210. The zero-order valence-electron chi connectivity index (χ0n) is 10.9. The third-order valence-corrected chi connectivity index (χ3v) is 3.72. The Bertz CT molecular complexity index is 619. The molecule has 0 aliphatic heterocycles. The summed E-state index contributed by atoms with van der Waals surface area (Å²) in [5, 5.41) is 14.2. The Hall–Kier alpha value is -1.88. The lowest BCUT2D eigenvalue weighted by atomic mass is 9.85. The fourth-order valence-corrected chi connectivity index (χ4v) is 2.82. The second-order valence-corrected chi connectivity index (χ2v) is 4.97. The molecule has 0 spiro atoms. The second-order valence-electron chi connectivity index (χ2n) is 4.97. The van der Waals surface area contributed by atoms with Crippen LogP contribution in [0.1, 0.15) is 35.4 Å². The van der Waals surface area contributed by atoms with Crippen molar-refractivity contribution in [3.63, 3.8) is 0 Å². The number of rotatable bonds is 2.